The Morgan fingerprint density at radius 1 is 0.698 bits per heavy atom. The van der Waals surface area contributed by atoms with Gasteiger partial charge >= 0.3 is 23.9 Å². The molecule has 1 aliphatic heterocycles. The molecule has 1 aliphatic rings. The van der Waals surface area contributed by atoms with Gasteiger partial charge in [0.05, 0.1) is 12.7 Å². The van der Waals surface area contributed by atoms with Gasteiger partial charge < -0.3 is 24.8 Å². The van der Waals surface area contributed by atoms with Crippen LogP contribution in [0.3, 0.4) is 0 Å². The molecule has 5 aromatic rings. The lowest BCUT2D eigenvalue weighted by Crippen LogP contribution is -2.05. The highest BCUT2D eigenvalue weighted by atomic mass is 16.6. The highest BCUT2D eigenvalue weighted by Crippen LogP contribution is 2.26. The van der Waals surface area contributed by atoms with Crippen molar-refractivity contribution < 1.29 is 44.0 Å². The van der Waals surface area contributed by atoms with Crippen LogP contribution in [-0.4, -0.2) is 71.2 Å². The maximum Gasteiger partial charge on any atom is 0.365 e. The molecule has 3 N–H and O–H groups in total. The third-order valence-corrected chi connectivity index (χ3v) is 5.87. The number of carbonyl (C=O) groups is 4. The van der Waals surface area contributed by atoms with Gasteiger partial charge in [0.1, 0.15) is 11.0 Å². The molecule has 0 bridgehead atoms. The molecule has 0 unspecified atom stereocenters. The number of methoxy groups -OCH3 is 1. The minimum Gasteiger partial charge on any atom is -0.504 e. The van der Waals surface area contributed by atoms with Crippen molar-refractivity contribution in [1.82, 2.24) is 24.9 Å². The third kappa shape index (κ3) is 6.32. The van der Waals surface area contributed by atoms with Crippen LogP contribution in [0.5, 0.6) is 11.5 Å². The summed E-state index contributed by atoms with van der Waals surface area (Å²) in [5, 5.41) is 29.5. The zero-order chi connectivity index (χ0) is 31.4. The van der Waals surface area contributed by atoms with Gasteiger partial charge in [0.15, 0.2) is 28.6 Å². The lowest BCUT2D eigenvalue weighted by atomic mass is 10.2. The van der Waals surface area contributed by atoms with Crippen molar-refractivity contribution in [3.05, 3.63) is 88.5 Å². The zero-order valence-electron chi connectivity index (χ0n) is 23.1. The number of ether oxygens (including phenoxy) is 2. The van der Waals surface area contributed by atoms with Crippen molar-refractivity contribution >= 4 is 45.7 Å². The fraction of sp³-hybridized carbons (Fsp3) is 0.138. The highest BCUT2D eigenvalue weighted by molar-refractivity contribution is 6.13. The first kappa shape index (κ1) is 29.9. The van der Waals surface area contributed by atoms with Crippen LogP contribution >= 0.6 is 0 Å². The third-order valence-electron chi connectivity index (χ3n) is 5.87. The maximum atomic E-state index is 11.3. The molecule has 0 saturated carbocycles. The van der Waals surface area contributed by atoms with Crippen LogP contribution in [0.4, 0.5) is 0 Å². The van der Waals surface area contributed by atoms with Gasteiger partial charge in [-0.2, -0.15) is 0 Å². The van der Waals surface area contributed by atoms with Crippen molar-refractivity contribution in [2.75, 3.05) is 7.11 Å². The van der Waals surface area contributed by atoms with Gasteiger partial charge in [0, 0.05) is 41.8 Å². The molecule has 14 heteroatoms. The summed E-state index contributed by atoms with van der Waals surface area (Å²) < 4.78 is 8.85. The van der Waals surface area contributed by atoms with Crippen LogP contribution < -0.4 is 0 Å². The van der Waals surface area contributed by atoms with Gasteiger partial charge in [-0.25, -0.2) is 34.1 Å². The Hall–Kier alpha value is -6.05. The Bertz CT molecular complexity index is 1940. The summed E-state index contributed by atoms with van der Waals surface area (Å²) in [4.78, 5) is 63.1. The molecule has 6 rings (SSSR count). The number of aryl methyl sites for hydroxylation is 3. The fourth-order valence-corrected chi connectivity index (χ4v) is 3.87. The van der Waals surface area contributed by atoms with E-state index in [-0.39, 0.29) is 39.7 Å². The number of carboxylic acid groups (broad SMARTS) is 1. The fourth-order valence-electron chi connectivity index (χ4n) is 3.87. The van der Waals surface area contributed by atoms with E-state index in [0.29, 0.717) is 16.3 Å². The summed E-state index contributed by atoms with van der Waals surface area (Å²) in [6.45, 7) is 5.54. The van der Waals surface area contributed by atoms with E-state index in [2.05, 4.69) is 34.4 Å². The minimum absolute atomic E-state index is 0.116. The number of hydrogen-bond acceptors (Lipinski definition) is 13. The van der Waals surface area contributed by atoms with E-state index in [4.69, 9.17) is 5.11 Å². The Morgan fingerprint density at radius 2 is 1.19 bits per heavy atom. The predicted octanol–water partition coefficient (Wildman–Crippen LogP) is 3.47. The number of carbonyl (C=O) groups excluding carboxylic acids is 3. The number of hydrogen-bond donors (Lipinski definition) is 3. The van der Waals surface area contributed by atoms with Crippen molar-refractivity contribution in [3.63, 3.8) is 0 Å². The molecule has 218 valence electrons. The number of pyridine rings is 5. The largest absolute Gasteiger partial charge is 0.504 e. The average Bonchev–Trinajstić information content (AvgIpc) is 3.25. The van der Waals surface area contributed by atoms with E-state index in [9.17, 15) is 29.4 Å². The molecule has 0 fully saturated rings. The van der Waals surface area contributed by atoms with Gasteiger partial charge in [-0.3, -0.25) is 9.97 Å². The van der Waals surface area contributed by atoms with Crippen molar-refractivity contribution in [2.24, 2.45) is 0 Å². The van der Waals surface area contributed by atoms with E-state index in [1.807, 2.05) is 19.9 Å². The van der Waals surface area contributed by atoms with E-state index in [1.165, 1.54) is 25.7 Å². The number of carboxylic acids is 1. The molecular weight excluding hydrogens is 562 g/mol. The van der Waals surface area contributed by atoms with Crippen LogP contribution in [-0.2, 0) is 9.47 Å². The molecule has 5 aromatic heterocycles. The van der Waals surface area contributed by atoms with Crippen molar-refractivity contribution in [2.45, 2.75) is 20.8 Å². The van der Waals surface area contributed by atoms with Crippen LogP contribution in [0.1, 0.15) is 58.5 Å². The number of aromatic carboxylic acids is 1. The Labute approximate surface area is 242 Å². The van der Waals surface area contributed by atoms with E-state index in [1.54, 1.807) is 31.5 Å². The lowest BCUT2D eigenvalue weighted by Gasteiger charge is -2.04. The second-order valence-corrected chi connectivity index (χ2v) is 9.19. The van der Waals surface area contributed by atoms with Crippen LogP contribution in [0.2, 0.25) is 0 Å². The molecule has 6 heterocycles. The second kappa shape index (κ2) is 12.2. The summed E-state index contributed by atoms with van der Waals surface area (Å²) in [5.74, 6) is -3.84. The first-order chi connectivity index (χ1) is 20.4. The van der Waals surface area contributed by atoms with E-state index in [0.717, 1.165) is 16.7 Å². The molecule has 14 nitrogen and oxygen atoms in total. The molecule has 0 amide bonds. The number of aromatic hydroxyl groups is 2. The topological polar surface area (TPSA) is 212 Å². The van der Waals surface area contributed by atoms with Gasteiger partial charge in [-0.1, -0.05) is 0 Å². The van der Waals surface area contributed by atoms with E-state index >= 15 is 0 Å². The smallest absolute Gasteiger partial charge is 0.365 e. The second-order valence-electron chi connectivity index (χ2n) is 9.19. The zero-order valence-corrected chi connectivity index (χ0v) is 23.1. The monoisotopic (exact) mass is 585 g/mol. The van der Waals surface area contributed by atoms with Gasteiger partial charge in [0.25, 0.3) is 0 Å². The molecule has 0 atom stereocenters. The average molecular weight is 586 g/mol. The normalized spacial score (nSPS) is 11.5. The maximum absolute atomic E-state index is 11.3. The van der Waals surface area contributed by atoms with Crippen LogP contribution in [0.25, 0.3) is 21.8 Å². The Balaban J connectivity index is 0.000000149. The molecule has 0 radical (unpaired) electrons. The number of rotatable bonds is 2. The molecule has 43 heavy (non-hydrogen) atoms. The molecule has 0 saturated heterocycles. The first-order valence-electron chi connectivity index (χ1n) is 12.3. The summed E-state index contributed by atoms with van der Waals surface area (Å²) in [5.41, 5.74) is 3.21. The summed E-state index contributed by atoms with van der Waals surface area (Å²) in [6, 6.07) is 5.20. The minimum atomic E-state index is -1.27. The van der Waals surface area contributed by atoms with Gasteiger partial charge in [-0.15, -0.1) is 0 Å². The first-order valence-corrected chi connectivity index (χ1v) is 12.3. The lowest BCUT2D eigenvalue weighted by molar-refractivity contribution is 0.0439. The predicted molar refractivity (Wildman–Crippen MR) is 149 cm³/mol. The quantitative estimate of drug-likeness (QED) is 0.200. The highest BCUT2D eigenvalue weighted by Gasteiger charge is 2.30. The number of esters is 3. The standard InChI is InChI=1S/C11H10N2O3.C10H8N2O3.C8H5NO3/c1-6-3-7-5-13-9(11(15)16-2)10(14)8(7)12-4-6;1-5-2-6-4-12-8(10(14)15)9(13)7(6)11-3-5;1-4-2-5-6(9-3-4)8(11)12-7(5)10/h3-5,14H,1-2H3;2-4,13H,1H3,(H,14,15);2-3H,1H3. The molecule has 0 spiro atoms. The van der Waals surface area contributed by atoms with Gasteiger partial charge in [-0.05, 0) is 55.7 Å². The SMILES string of the molecule is COC(=O)c1ncc2cc(C)cnc2c1O.Cc1cnc2c(O)c(C(=O)O)ncc2c1.Cc1cnc2c(c1)C(=O)OC2=O. The number of cyclic esters (lactones) is 2. The number of fused-ring (bicyclic) bond motifs is 3. The van der Waals surface area contributed by atoms with Crippen molar-refractivity contribution in [3.8, 4) is 11.5 Å². The molecule has 0 aromatic carbocycles. The summed E-state index contributed by atoms with van der Waals surface area (Å²) >= 11 is 0. The van der Waals surface area contributed by atoms with E-state index < -0.39 is 23.9 Å². The Kier molecular flexibility index (Phi) is 8.50. The molecular formula is C29H23N5O9. The van der Waals surface area contributed by atoms with Crippen LogP contribution in [0.15, 0.2) is 49.2 Å². The number of aromatic nitrogens is 5. The van der Waals surface area contributed by atoms with Gasteiger partial charge in [0.2, 0.25) is 0 Å². The van der Waals surface area contributed by atoms with Crippen LogP contribution in [0, 0.1) is 20.8 Å². The Morgan fingerprint density at radius 3 is 1.72 bits per heavy atom. The number of nitrogens with zero attached hydrogens (tertiary/aromatic N) is 5. The molecule has 0 aliphatic carbocycles. The summed E-state index contributed by atoms with van der Waals surface area (Å²) in [7, 11) is 1.23. The van der Waals surface area contributed by atoms with Crippen molar-refractivity contribution in [1.29, 1.82) is 0 Å². The summed E-state index contributed by atoms with van der Waals surface area (Å²) in [6.07, 6.45) is 7.58.